The van der Waals surface area contributed by atoms with E-state index < -0.39 is 0 Å². The summed E-state index contributed by atoms with van der Waals surface area (Å²) in [7, 11) is 0. The molecule has 0 saturated carbocycles. The topological polar surface area (TPSA) is 81.9 Å². The molecule has 1 fully saturated rings. The largest absolute Gasteiger partial charge is 0.491 e. The van der Waals surface area contributed by atoms with Gasteiger partial charge in [-0.2, -0.15) is 0 Å². The highest BCUT2D eigenvalue weighted by Gasteiger charge is 2.31. The van der Waals surface area contributed by atoms with Crippen LogP contribution in [0.3, 0.4) is 0 Å². The number of hydrogen-bond donors (Lipinski definition) is 1. The molecule has 1 aliphatic rings. The number of piperidine rings is 1. The second-order valence-electron chi connectivity index (χ2n) is 5.79. The summed E-state index contributed by atoms with van der Waals surface area (Å²) in [4.78, 5) is 25.2. The van der Waals surface area contributed by atoms with Crippen LogP contribution in [0.15, 0.2) is 30.3 Å². The second kappa shape index (κ2) is 8.53. The molecule has 126 valence electrons. The Hall–Kier alpha value is -2.08. The molecule has 1 heterocycles. The second-order valence-corrected chi connectivity index (χ2v) is 5.79. The van der Waals surface area contributed by atoms with E-state index in [4.69, 9.17) is 15.2 Å². The molecular weight excluding hydrogens is 296 g/mol. The van der Waals surface area contributed by atoms with Crippen LogP contribution in [0.25, 0.3) is 0 Å². The van der Waals surface area contributed by atoms with E-state index in [1.54, 1.807) is 4.90 Å². The first-order chi connectivity index (χ1) is 11.1. The summed E-state index contributed by atoms with van der Waals surface area (Å²) in [5.41, 5.74) is 5.35. The number of nitrogens with two attached hydrogens (primary N) is 1. The van der Waals surface area contributed by atoms with E-state index in [0.717, 1.165) is 18.6 Å². The molecule has 1 saturated heterocycles. The van der Waals surface area contributed by atoms with Crippen molar-refractivity contribution < 1.29 is 19.1 Å². The van der Waals surface area contributed by atoms with Crippen molar-refractivity contribution in [2.75, 3.05) is 26.4 Å². The molecule has 2 N–H and O–H groups in total. The van der Waals surface area contributed by atoms with Gasteiger partial charge in [0, 0.05) is 12.6 Å². The van der Waals surface area contributed by atoms with Crippen molar-refractivity contribution in [2.45, 2.75) is 25.8 Å². The molecule has 0 aliphatic carbocycles. The Bertz CT molecular complexity index is 521. The van der Waals surface area contributed by atoms with Gasteiger partial charge in [0.05, 0.1) is 12.5 Å². The minimum atomic E-state index is -0.341. The summed E-state index contributed by atoms with van der Waals surface area (Å²) in [6.07, 6.45) is 1.53. The maximum absolute atomic E-state index is 12.2. The summed E-state index contributed by atoms with van der Waals surface area (Å²) in [5, 5.41) is 0. The fourth-order valence-electron chi connectivity index (χ4n) is 2.66. The number of rotatable bonds is 7. The fourth-order valence-corrected chi connectivity index (χ4v) is 2.66. The van der Waals surface area contributed by atoms with Gasteiger partial charge in [0.1, 0.15) is 19.0 Å². The first kappa shape index (κ1) is 17.3. The zero-order valence-electron chi connectivity index (χ0n) is 13.4. The molecule has 0 aromatic heterocycles. The molecule has 1 aromatic rings. The molecule has 2 amide bonds. The lowest BCUT2D eigenvalue weighted by atomic mass is 9.93. The number of para-hydroxylation sites is 1. The van der Waals surface area contributed by atoms with Crippen molar-refractivity contribution in [1.29, 1.82) is 0 Å². The molecule has 1 aromatic carbocycles. The van der Waals surface area contributed by atoms with Crippen molar-refractivity contribution in [2.24, 2.45) is 11.7 Å². The Balaban J connectivity index is 1.68. The molecule has 2 unspecified atom stereocenters. The third kappa shape index (κ3) is 5.25. The van der Waals surface area contributed by atoms with E-state index in [-0.39, 0.29) is 30.4 Å². The number of primary amides is 1. The minimum absolute atomic E-state index is 0.00598. The molecule has 6 heteroatoms. The van der Waals surface area contributed by atoms with Crippen LogP contribution >= 0.6 is 0 Å². The number of carbonyl (C=O) groups excluding carboxylic acids is 2. The molecule has 0 spiro atoms. The van der Waals surface area contributed by atoms with Gasteiger partial charge in [-0.3, -0.25) is 9.59 Å². The van der Waals surface area contributed by atoms with E-state index in [2.05, 4.69) is 0 Å². The third-order valence-corrected chi connectivity index (χ3v) is 4.07. The van der Waals surface area contributed by atoms with Crippen LogP contribution in [-0.2, 0) is 14.3 Å². The number of nitrogens with zero attached hydrogens (tertiary/aromatic N) is 1. The van der Waals surface area contributed by atoms with E-state index in [0.29, 0.717) is 19.8 Å². The lowest BCUT2D eigenvalue weighted by Gasteiger charge is -2.36. The number of hydrogen-bond acceptors (Lipinski definition) is 4. The first-order valence-electron chi connectivity index (χ1n) is 7.92. The number of likely N-dealkylation sites (tertiary alicyclic amines) is 1. The van der Waals surface area contributed by atoms with Crippen molar-refractivity contribution in [3.8, 4) is 5.75 Å². The van der Waals surface area contributed by atoms with Crippen LogP contribution in [0, 0.1) is 5.92 Å². The molecule has 23 heavy (non-hydrogen) atoms. The highest BCUT2D eigenvalue weighted by Crippen LogP contribution is 2.21. The number of benzene rings is 1. The van der Waals surface area contributed by atoms with Crippen LogP contribution in [0.5, 0.6) is 5.75 Å². The van der Waals surface area contributed by atoms with Crippen molar-refractivity contribution in [3.63, 3.8) is 0 Å². The van der Waals surface area contributed by atoms with Crippen LogP contribution in [-0.4, -0.2) is 49.1 Å². The van der Waals surface area contributed by atoms with E-state index >= 15 is 0 Å². The van der Waals surface area contributed by atoms with Gasteiger partial charge in [-0.1, -0.05) is 18.2 Å². The summed E-state index contributed by atoms with van der Waals surface area (Å²) in [6, 6.07) is 9.55. The van der Waals surface area contributed by atoms with Gasteiger partial charge in [-0.25, -0.2) is 0 Å². The lowest BCUT2D eigenvalue weighted by molar-refractivity contribution is -0.142. The molecule has 0 radical (unpaired) electrons. The molecule has 6 nitrogen and oxygen atoms in total. The number of ether oxygens (including phenoxy) is 2. The number of amides is 2. The Kier molecular flexibility index (Phi) is 6.40. The van der Waals surface area contributed by atoms with Crippen LogP contribution in [0.4, 0.5) is 0 Å². The standard InChI is InChI=1S/C17H24N2O4/c1-13-7-8-14(17(18)21)11-19(13)16(20)12-22-9-10-23-15-5-3-2-4-6-15/h2-6,13-14H,7-12H2,1H3,(H2,18,21). The SMILES string of the molecule is CC1CCC(C(N)=O)CN1C(=O)COCCOc1ccccc1. The monoisotopic (exact) mass is 320 g/mol. The Morgan fingerprint density at radius 3 is 2.65 bits per heavy atom. The smallest absolute Gasteiger partial charge is 0.248 e. The molecule has 2 rings (SSSR count). The maximum Gasteiger partial charge on any atom is 0.248 e. The predicted molar refractivity (Wildman–Crippen MR) is 85.8 cm³/mol. The zero-order chi connectivity index (χ0) is 16.7. The van der Waals surface area contributed by atoms with Gasteiger partial charge in [0.2, 0.25) is 11.8 Å². The Morgan fingerprint density at radius 2 is 1.96 bits per heavy atom. The fraction of sp³-hybridized carbons (Fsp3) is 0.529. The summed E-state index contributed by atoms with van der Waals surface area (Å²) < 4.78 is 10.9. The molecule has 1 aliphatic heterocycles. The van der Waals surface area contributed by atoms with E-state index in [1.165, 1.54) is 0 Å². The first-order valence-corrected chi connectivity index (χ1v) is 7.92. The molecule has 2 atom stereocenters. The molecular formula is C17H24N2O4. The van der Waals surface area contributed by atoms with Gasteiger partial charge in [-0.05, 0) is 31.9 Å². The van der Waals surface area contributed by atoms with Crippen LogP contribution < -0.4 is 10.5 Å². The van der Waals surface area contributed by atoms with Gasteiger partial charge in [0.25, 0.3) is 0 Å². The average molecular weight is 320 g/mol. The summed E-state index contributed by atoms with van der Waals surface area (Å²) in [5.74, 6) is 0.0722. The van der Waals surface area contributed by atoms with Crippen molar-refractivity contribution in [1.82, 2.24) is 4.90 Å². The van der Waals surface area contributed by atoms with Crippen LogP contribution in [0.2, 0.25) is 0 Å². The summed E-state index contributed by atoms with van der Waals surface area (Å²) >= 11 is 0. The van der Waals surface area contributed by atoms with Gasteiger partial charge in [-0.15, -0.1) is 0 Å². The van der Waals surface area contributed by atoms with E-state index in [1.807, 2.05) is 37.3 Å². The Labute approximate surface area is 136 Å². The zero-order valence-corrected chi connectivity index (χ0v) is 13.4. The van der Waals surface area contributed by atoms with Crippen molar-refractivity contribution in [3.05, 3.63) is 30.3 Å². The average Bonchev–Trinajstić information content (AvgIpc) is 2.55. The van der Waals surface area contributed by atoms with Gasteiger partial charge in [0.15, 0.2) is 0 Å². The van der Waals surface area contributed by atoms with E-state index in [9.17, 15) is 9.59 Å². The quantitative estimate of drug-likeness (QED) is 0.765. The highest BCUT2D eigenvalue weighted by atomic mass is 16.5. The highest BCUT2D eigenvalue weighted by molar-refractivity contribution is 5.81. The third-order valence-electron chi connectivity index (χ3n) is 4.07. The van der Waals surface area contributed by atoms with Gasteiger partial charge < -0.3 is 20.1 Å². The van der Waals surface area contributed by atoms with Crippen LogP contribution in [0.1, 0.15) is 19.8 Å². The summed E-state index contributed by atoms with van der Waals surface area (Å²) in [6.45, 7) is 3.08. The lowest BCUT2D eigenvalue weighted by Crippen LogP contribution is -2.49. The molecule has 0 bridgehead atoms. The Morgan fingerprint density at radius 1 is 1.22 bits per heavy atom. The maximum atomic E-state index is 12.2. The predicted octanol–water partition coefficient (Wildman–Crippen LogP) is 1.19. The van der Waals surface area contributed by atoms with Crippen molar-refractivity contribution >= 4 is 11.8 Å². The minimum Gasteiger partial charge on any atom is -0.491 e. The van der Waals surface area contributed by atoms with Gasteiger partial charge >= 0.3 is 0 Å². The number of carbonyl (C=O) groups is 2. The normalized spacial score (nSPS) is 21.0.